The highest BCUT2D eigenvalue weighted by Gasteiger charge is 2.32. The topological polar surface area (TPSA) is 51.1 Å². The molecule has 4 nitrogen and oxygen atoms in total. The molecule has 0 spiro atoms. The molecule has 1 N–H and O–H groups in total. The molecule has 2 heterocycles. The zero-order valence-corrected chi connectivity index (χ0v) is 16.7. The Bertz CT molecular complexity index is 1000. The van der Waals surface area contributed by atoms with Gasteiger partial charge in [0, 0.05) is 23.5 Å². The maximum Gasteiger partial charge on any atom is 0.233 e. The number of unbranched alkanes of at least 4 members (excludes halogenated alkanes) is 1. The third-order valence-corrected chi connectivity index (χ3v) is 5.64. The van der Waals surface area contributed by atoms with E-state index in [0.29, 0.717) is 24.2 Å². The van der Waals surface area contributed by atoms with Gasteiger partial charge in [-0.3, -0.25) is 9.59 Å². The second-order valence-corrected chi connectivity index (χ2v) is 7.62. The molecule has 0 radical (unpaired) electrons. The normalized spacial score (nSPS) is 15.1. The highest BCUT2D eigenvalue weighted by molar-refractivity contribution is 6.08. The summed E-state index contributed by atoms with van der Waals surface area (Å²) in [7, 11) is 0. The minimum absolute atomic E-state index is 0.000534. The molecule has 4 heteroatoms. The van der Waals surface area contributed by atoms with E-state index in [4.69, 9.17) is 0 Å². The lowest BCUT2D eigenvalue weighted by Gasteiger charge is -2.11. The molecule has 1 aliphatic rings. The van der Waals surface area contributed by atoms with E-state index in [-0.39, 0.29) is 17.6 Å². The Morgan fingerprint density at radius 3 is 2.48 bits per heavy atom. The standard InChI is InChI=1S/C25H26N2O2/c1-2-3-7-18-10-12-20(13-11-18)26-25(29)21-16-17-27-22(21)14-15-23(27)24(28)19-8-5-4-6-9-19/h4-6,8-15,21H,2-3,7,16-17H2,1H3,(H,26,29)/t21-/m1/s1. The Morgan fingerprint density at radius 2 is 1.76 bits per heavy atom. The third kappa shape index (κ3) is 4.02. The van der Waals surface area contributed by atoms with E-state index in [1.807, 2.05) is 59.2 Å². The predicted molar refractivity (Wildman–Crippen MR) is 115 cm³/mol. The molecule has 2 aromatic carbocycles. The zero-order chi connectivity index (χ0) is 20.2. The van der Waals surface area contributed by atoms with Crippen LogP contribution in [0, 0.1) is 0 Å². The Morgan fingerprint density at radius 1 is 1.00 bits per heavy atom. The number of carbonyl (C=O) groups is 2. The molecule has 0 unspecified atom stereocenters. The van der Waals surface area contributed by atoms with Crippen molar-refractivity contribution < 1.29 is 9.59 Å². The van der Waals surface area contributed by atoms with Crippen molar-refractivity contribution in [2.45, 2.75) is 45.1 Å². The quantitative estimate of drug-likeness (QED) is 0.568. The second kappa shape index (κ2) is 8.48. The summed E-state index contributed by atoms with van der Waals surface area (Å²) in [6, 6.07) is 21.2. The summed E-state index contributed by atoms with van der Waals surface area (Å²) < 4.78 is 1.99. The number of fused-ring (bicyclic) bond motifs is 1. The van der Waals surface area contributed by atoms with Gasteiger partial charge in [0.15, 0.2) is 0 Å². The van der Waals surface area contributed by atoms with Crippen molar-refractivity contribution in [3.63, 3.8) is 0 Å². The van der Waals surface area contributed by atoms with Gasteiger partial charge in [-0.15, -0.1) is 0 Å². The van der Waals surface area contributed by atoms with E-state index >= 15 is 0 Å². The SMILES string of the molecule is CCCCc1ccc(NC(=O)[C@@H]2CCn3c(C(=O)c4ccccc4)ccc32)cc1. The van der Waals surface area contributed by atoms with Crippen molar-refractivity contribution in [3.05, 3.63) is 89.2 Å². The van der Waals surface area contributed by atoms with Crippen LogP contribution in [0.4, 0.5) is 5.69 Å². The molecule has 1 atom stereocenters. The molecular formula is C25H26N2O2. The van der Waals surface area contributed by atoms with Crippen LogP contribution < -0.4 is 5.32 Å². The third-order valence-electron chi connectivity index (χ3n) is 5.64. The fourth-order valence-corrected chi connectivity index (χ4v) is 4.01. The first kappa shape index (κ1) is 19.2. The van der Waals surface area contributed by atoms with E-state index in [1.165, 1.54) is 18.4 Å². The first-order chi connectivity index (χ1) is 14.2. The Balaban J connectivity index is 1.46. The van der Waals surface area contributed by atoms with Gasteiger partial charge in [0.1, 0.15) is 0 Å². The minimum atomic E-state index is -0.230. The molecule has 0 saturated heterocycles. The molecule has 148 valence electrons. The molecule has 0 fully saturated rings. The number of anilines is 1. The lowest BCUT2D eigenvalue weighted by Crippen LogP contribution is -2.19. The molecule has 1 amide bonds. The highest BCUT2D eigenvalue weighted by Crippen LogP contribution is 2.32. The number of benzene rings is 2. The molecule has 0 bridgehead atoms. The van der Waals surface area contributed by atoms with Gasteiger partial charge in [0.05, 0.1) is 11.6 Å². The lowest BCUT2D eigenvalue weighted by atomic mass is 10.0. The predicted octanol–water partition coefficient (Wildman–Crippen LogP) is 5.19. The van der Waals surface area contributed by atoms with Crippen LogP contribution in [0.2, 0.25) is 0 Å². The van der Waals surface area contributed by atoms with Crippen LogP contribution in [0.5, 0.6) is 0 Å². The van der Waals surface area contributed by atoms with Crippen LogP contribution in [0.3, 0.4) is 0 Å². The lowest BCUT2D eigenvalue weighted by molar-refractivity contribution is -0.117. The van der Waals surface area contributed by atoms with Gasteiger partial charge in [-0.05, 0) is 49.1 Å². The fraction of sp³-hybridized carbons (Fsp3) is 0.280. The number of amides is 1. The average Bonchev–Trinajstić information content (AvgIpc) is 3.35. The van der Waals surface area contributed by atoms with Gasteiger partial charge in [-0.1, -0.05) is 55.8 Å². The molecule has 1 aliphatic heterocycles. The van der Waals surface area contributed by atoms with Gasteiger partial charge >= 0.3 is 0 Å². The average molecular weight is 386 g/mol. The number of hydrogen-bond acceptors (Lipinski definition) is 2. The summed E-state index contributed by atoms with van der Waals surface area (Å²) in [4.78, 5) is 25.7. The number of aryl methyl sites for hydroxylation is 1. The second-order valence-electron chi connectivity index (χ2n) is 7.62. The molecular weight excluding hydrogens is 360 g/mol. The summed E-state index contributed by atoms with van der Waals surface area (Å²) >= 11 is 0. The van der Waals surface area contributed by atoms with Crippen molar-refractivity contribution in [1.82, 2.24) is 4.57 Å². The van der Waals surface area contributed by atoms with Crippen molar-refractivity contribution in [3.8, 4) is 0 Å². The number of nitrogens with zero attached hydrogens (tertiary/aromatic N) is 1. The van der Waals surface area contributed by atoms with Crippen LogP contribution in [0.15, 0.2) is 66.7 Å². The van der Waals surface area contributed by atoms with Crippen molar-refractivity contribution in [2.75, 3.05) is 5.32 Å². The zero-order valence-electron chi connectivity index (χ0n) is 16.7. The van der Waals surface area contributed by atoms with Crippen molar-refractivity contribution in [1.29, 1.82) is 0 Å². The summed E-state index contributed by atoms with van der Waals surface area (Å²) in [5.41, 5.74) is 4.36. The fourth-order valence-electron chi connectivity index (χ4n) is 4.01. The minimum Gasteiger partial charge on any atom is -0.341 e. The van der Waals surface area contributed by atoms with E-state index in [1.54, 1.807) is 0 Å². The van der Waals surface area contributed by atoms with Crippen LogP contribution in [-0.4, -0.2) is 16.3 Å². The highest BCUT2D eigenvalue weighted by atomic mass is 16.2. The molecule has 0 saturated carbocycles. The maximum absolute atomic E-state index is 12.9. The summed E-state index contributed by atoms with van der Waals surface area (Å²) in [5, 5.41) is 3.04. The molecule has 1 aromatic heterocycles. The number of aromatic nitrogens is 1. The van der Waals surface area contributed by atoms with Crippen LogP contribution in [0.1, 0.15) is 59.4 Å². The first-order valence-electron chi connectivity index (χ1n) is 10.4. The Labute approximate surface area is 171 Å². The maximum atomic E-state index is 12.9. The summed E-state index contributed by atoms with van der Waals surface area (Å²) in [6.45, 7) is 2.87. The van der Waals surface area contributed by atoms with Crippen LogP contribution in [-0.2, 0) is 17.8 Å². The van der Waals surface area contributed by atoms with E-state index in [2.05, 4.69) is 24.4 Å². The van der Waals surface area contributed by atoms with Crippen molar-refractivity contribution >= 4 is 17.4 Å². The van der Waals surface area contributed by atoms with Crippen LogP contribution in [0.25, 0.3) is 0 Å². The van der Waals surface area contributed by atoms with E-state index < -0.39 is 0 Å². The number of nitrogens with one attached hydrogen (secondary N) is 1. The van der Waals surface area contributed by atoms with Gasteiger partial charge in [-0.2, -0.15) is 0 Å². The van der Waals surface area contributed by atoms with Crippen molar-refractivity contribution in [2.24, 2.45) is 0 Å². The summed E-state index contributed by atoms with van der Waals surface area (Å²) in [6.07, 6.45) is 4.13. The largest absolute Gasteiger partial charge is 0.341 e. The number of hydrogen-bond donors (Lipinski definition) is 1. The number of rotatable bonds is 7. The van der Waals surface area contributed by atoms with Crippen LogP contribution >= 0.6 is 0 Å². The number of carbonyl (C=O) groups excluding carboxylic acids is 2. The molecule has 0 aliphatic carbocycles. The Kier molecular flexibility index (Phi) is 5.61. The smallest absolute Gasteiger partial charge is 0.233 e. The van der Waals surface area contributed by atoms with Gasteiger partial charge in [0.25, 0.3) is 0 Å². The molecule has 3 aromatic rings. The number of ketones is 1. The van der Waals surface area contributed by atoms with E-state index in [9.17, 15) is 9.59 Å². The molecule has 4 rings (SSSR count). The van der Waals surface area contributed by atoms with Gasteiger partial charge < -0.3 is 9.88 Å². The Hall–Kier alpha value is -3.14. The summed E-state index contributed by atoms with van der Waals surface area (Å²) in [5.74, 6) is -0.241. The van der Waals surface area contributed by atoms with Gasteiger partial charge in [-0.25, -0.2) is 0 Å². The monoisotopic (exact) mass is 386 g/mol. The molecule has 29 heavy (non-hydrogen) atoms. The first-order valence-corrected chi connectivity index (χ1v) is 10.4. The van der Waals surface area contributed by atoms with Gasteiger partial charge in [0.2, 0.25) is 11.7 Å². The van der Waals surface area contributed by atoms with E-state index in [0.717, 1.165) is 17.8 Å².